The molecule has 2 N–H and O–H groups in total. The van der Waals surface area contributed by atoms with Crippen molar-refractivity contribution in [2.24, 2.45) is 5.92 Å². The van der Waals surface area contributed by atoms with E-state index in [1.54, 1.807) is 12.3 Å². The summed E-state index contributed by atoms with van der Waals surface area (Å²) in [7, 11) is 0. The number of nitrogens with one attached hydrogen (secondary N) is 1. The number of carbonyl (C=O) groups excluding carboxylic acids is 2. The van der Waals surface area contributed by atoms with Gasteiger partial charge in [-0.3, -0.25) is 4.79 Å². The SMILES string of the molecule is CC(C)(O)C1CCN(C(=O)c2ccnc(N3CCC(N4CCc5ccccc5NC4=O)CC3)c2)CC1. The maximum absolute atomic E-state index is 13.2. The van der Waals surface area contributed by atoms with E-state index in [0.717, 1.165) is 63.2 Å². The van der Waals surface area contributed by atoms with E-state index in [2.05, 4.69) is 21.3 Å². The lowest BCUT2D eigenvalue weighted by Crippen LogP contribution is -2.49. The lowest BCUT2D eigenvalue weighted by Gasteiger charge is -2.39. The highest BCUT2D eigenvalue weighted by Gasteiger charge is 2.33. The van der Waals surface area contributed by atoms with Crippen LogP contribution in [0, 0.1) is 5.92 Å². The topological polar surface area (TPSA) is 89.0 Å². The lowest BCUT2D eigenvalue weighted by atomic mass is 9.83. The van der Waals surface area contributed by atoms with Crippen molar-refractivity contribution in [2.45, 2.75) is 57.6 Å². The second kappa shape index (κ2) is 10.1. The zero-order valence-electron chi connectivity index (χ0n) is 21.3. The largest absolute Gasteiger partial charge is 0.390 e. The van der Waals surface area contributed by atoms with Gasteiger partial charge in [0.15, 0.2) is 0 Å². The molecule has 0 unspecified atom stereocenters. The molecule has 3 amide bonds. The fourth-order valence-electron chi connectivity index (χ4n) is 5.84. The van der Waals surface area contributed by atoms with Gasteiger partial charge < -0.3 is 25.1 Å². The summed E-state index contributed by atoms with van der Waals surface area (Å²) in [6, 6.07) is 11.9. The van der Waals surface area contributed by atoms with Crippen LogP contribution in [0.1, 0.15) is 55.5 Å². The minimum atomic E-state index is -0.705. The molecule has 5 rings (SSSR count). The quantitative estimate of drug-likeness (QED) is 0.680. The minimum absolute atomic E-state index is 0.0162. The smallest absolute Gasteiger partial charge is 0.322 e. The molecular formula is C28H37N5O3. The number of para-hydroxylation sites is 1. The van der Waals surface area contributed by atoms with Gasteiger partial charge in [-0.15, -0.1) is 0 Å². The fraction of sp³-hybridized carbons (Fsp3) is 0.536. The molecule has 3 aliphatic heterocycles. The highest BCUT2D eigenvalue weighted by atomic mass is 16.3. The van der Waals surface area contributed by atoms with Crippen LogP contribution in [0.2, 0.25) is 0 Å². The number of hydrogen-bond acceptors (Lipinski definition) is 5. The zero-order valence-corrected chi connectivity index (χ0v) is 21.3. The molecule has 2 saturated heterocycles. The van der Waals surface area contributed by atoms with Crippen LogP contribution >= 0.6 is 0 Å². The standard InChI is InChI=1S/C28H37N5O3/c1-28(2,36)22-9-14-32(15-10-22)26(34)21-7-13-29-25(19-21)31-16-11-23(12-17-31)33-18-8-20-5-3-4-6-24(20)30-27(33)35/h3-7,13,19,22-23,36H,8-12,14-18H2,1-2H3,(H,30,35). The summed E-state index contributed by atoms with van der Waals surface area (Å²) in [6.45, 7) is 7.35. The van der Waals surface area contributed by atoms with Crippen molar-refractivity contribution in [3.05, 3.63) is 53.7 Å². The average Bonchev–Trinajstić information content (AvgIpc) is 3.06. The number of carbonyl (C=O) groups is 2. The van der Waals surface area contributed by atoms with E-state index in [1.807, 2.05) is 47.9 Å². The first-order valence-corrected chi connectivity index (χ1v) is 13.2. The number of fused-ring (bicyclic) bond motifs is 1. The molecule has 0 radical (unpaired) electrons. The maximum atomic E-state index is 13.2. The van der Waals surface area contributed by atoms with Gasteiger partial charge in [-0.1, -0.05) is 18.2 Å². The van der Waals surface area contributed by atoms with E-state index >= 15 is 0 Å². The van der Waals surface area contributed by atoms with Crippen LogP contribution in [0.25, 0.3) is 0 Å². The first-order valence-electron chi connectivity index (χ1n) is 13.2. The Balaban J connectivity index is 1.18. The Hall–Kier alpha value is -3.13. The van der Waals surface area contributed by atoms with Crippen LogP contribution in [-0.2, 0) is 6.42 Å². The monoisotopic (exact) mass is 491 g/mol. The molecule has 0 aliphatic carbocycles. The summed E-state index contributed by atoms with van der Waals surface area (Å²) in [4.78, 5) is 36.7. The highest BCUT2D eigenvalue weighted by molar-refractivity contribution is 5.95. The second-order valence-corrected chi connectivity index (χ2v) is 10.9. The summed E-state index contributed by atoms with van der Waals surface area (Å²) < 4.78 is 0. The van der Waals surface area contributed by atoms with Crippen molar-refractivity contribution < 1.29 is 14.7 Å². The van der Waals surface area contributed by atoms with E-state index in [9.17, 15) is 14.7 Å². The first kappa shape index (κ1) is 24.6. The van der Waals surface area contributed by atoms with Gasteiger partial charge in [-0.05, 0) is 75.6 Å². The van der Waals surface area contributed by atoms with Crippen LogP contribution in [0.5, 0.6) is 0 Å². The van der Waals surface area contributed by atoms with Crippen LogP contribution in [0.4, 0.5) is 16.3 Å². The molecular weight excluding hydrogens is 454 g/mol. The fourth-order valence-corrected chi connectivity index (χ4v) is 5.84. The van der Waals surface area contributed by atoms with E-state index in [0.29, 0.717) is 18.7 Å². The summed E-state index contributed by atoms with van der Waals surface area (Å²) in [5, 5.41) is 13.4. The Morgan fingerprint density at radius 3 is 2.47 bits per heavy atom. The van der Waals surface area contributed by atoms with Crippen molar-refractivity contribution in [1.29, 1.82) is 0 Å². The number of likely N-dealkylation sites (tertiary alicyclic amines) is 1. The number of pyridine rings is 1. The summed E-state index contributed by atoms with van der Waals surface area (Å²) in [5.41, 5.74) is 2.05. The summed E-state index contributed by atoms with van der Waals surface area (Å²) in [6.07, 6.45) is 5.94. The molecule has 8 nitrogen and oxygen atoms in total. The van der Waals surface area contributed by atoms with Crippen molar-refractivity contribution >= 4 is 23.4 Å². The van der Waals surface area contributed by atoms with Crippen molar-refractivity contribution in [1.82, 2.24) is 14.8 Å². The molecule has 0 saturated carbocycles. The summed E-state index contributed by atoms with van der Waals surface area (Å²) >= 11 is 0. The molecule has 0 atom stereocenters. The third-order valence-electron chi connectivity index (χ3n) is 8.14. The van der Waals surface area contributed by atoms with E-state index in [1.165, 1.54) is 5.56 Å². The molecule has 192 valence electrons. The van der Waals surface area contributed by atoms with Crippen molar-refractivity contribution in [2.75, 3.05) is 42.9 Å². The van der Waals surface area contributed by atoms with E-state index < -0.39 is 5.60 Å². The number of benzene rings is 1. The number of amides is 3. The normalized spacial score (nSPS) is 20.1. The average molecular weight is 492 g/mol. The van der Waals surface area contributed by atoms with Gasteiger partial charge in [0.1, 0.15) is 5.82 Å². The predicted octanol–water partition coefficient (Wildman–Crippen LogP) is 3.76. The predicted molar refractivity (Wildman–Crippen MR) is 140 cm³/mol. The Morgan fingerprint density at radius 2 is 1.75 bits per heavy atom. The van der Waals surface area contributed by atoms with E-state index in [4.69, 9.17) is 0 Å². The molecule has 1 aromatic heterocycles. The molecule has 3 aliphatic rings. The molecule has 2 fully saturated rings. The first-order chi connectivity index (χ1) is 17.3. The molecule has 8 heteroatoms. The lowest BCUT2D eigenvalue weighted by molar-refractivity contribution is -0.0108. The Labute approximate surface area is 213 Å². The third kappa shape index (κ3) is 5.19. The highest BCUT2D eigenvalue weighted by Crippen LogP contribution is 2.29. The molecule has 36 heavy (non-hydrogen) atoms. The van der Waals surface area contributed by atoms with Gasteiger partial charge in [0.2, 0.25) is 0 Å². The molecule has 1 aromatic carbocycles. The van der Waals surface area contributed by atoms with Crippen LogP contribution in [0.3, 0.4) is 0 Å². The number of piperidine rings is 2. The van der Waals surface area contributed by atoms with Gasteiger partial charge in [-0.25, -0.2) is 9.78 Å². The molecule has 4 heterocycles. The molecule has 0 bridgehead atoms. The Kier molecular flexibility index (Phi) is 6.88. The molecule has 0 spiro atoms. The van der Waals surface area contributed by atoms with Crippen LogP contribution < -0.4 is 10.2 Å². The number of urea groups is 1. The number of anilines is 2. The van der Waals surface area contributed by atoms with Crippen LogP contribution in [-0.4, -0.2) is 76.2 Å². The number of aromatic nitrogens is 1. The van der Waals surface area contributed by atoms with Gasteiger partial charge in [0.25, 0.3) is 5.91 Å². The third-order valence-corrected chi connectivity index (χ3v) is 8.14. The Bertz CT molecular complexity index is 1100. The minimum Gasteiger partial charge on any atom is -0.390 e. The summed E-state index contributed by atoms with van der Waals surface area (Å²) in [5.74, 6) is 1.07. The number of hydrogen-bond donors (Lipinski definition) is 2. The van der Waals surface area contributed by atoms with E-state index in [-0.39, 0.29) is 23.9 Å². The zero-order chi connectivity index (χ0) is 25.3. The second-order valence-electron chi connectivity index (χ2n) is 10.9. The van der Waals surface area contributed by atoms with Crippen LogP contribution in [0.15, 0.2) is 42.6 Å². The molecule has 2 aromatic rings. The number of rotatable bonds is 4. The van der Waals surface area contributed by atoms with Crippen molar-refractivity contribution in [3.63, 3.8) is 0 Å². The van der Waals surface area contributed by atoms with Gasteiger partial charge >= 0.3 is 6.03 Å². The van der Waals surface area contributed by atoms with Gasteiger partial charge in [0, 0.05) is 56.2 Å². The number of nitrogens with zero attached hydrogens (tertiary/aromatic N) is 4. The van der Waals surface area contributed by atoms with Crippen molar-refractivity contribution in [3.8, 4) is 0 Å². The van der Waals surface area contributed by atoms with Gasteiger partial charge in [-0.2, -0.15) is 0 Å². The van der Waals surface area contributed by atoms with Gasteiger partial charge in [0.05, 0.1) is 5.60 Å². The maximum Gasteiger partial charge on any atom is 0.322 e. The number of aliphatic hydroxyl groups is 1. The Morgan fingerprint density at radius 1 is 1.03 bits per heavy atom.